The second-order valence-corrected chi connectivity index (χ2v) is 7.19. The maximum Gasteiger partial charge on any atom is 0.125 e. The van der Waals surface area contributed by atoms with Crippen LogP contribution < -0.4 is 19.5 Å². The van der Waals surface area contributed by atoms with Gasteiger partial charge in [-0.05, 0) is 39.0 Å². The summed E-state index contributed by atoms with van der Waals surface area (Å²) in [4.78, 5) is 0. The Bertz CT molecular complexity index is 868. The van der Waals surface area contributed by atoms with E-state index in [2.05, 4.69) is 23.5 Å². The third-order valence-electron chi connectivity index (χ3n) is 5.27. The third-order valence-corrected chi connectivity index (χ3v) is 5.27. The smallest absolute Gasteiger partial charge is 0.125 e. The Hall–Kier alpha value is -3.02. The van der Waals surface area contributed by atoms with Crippen molar-refractivity contribution in [3.05, 3.63) is 89.5 Å². The van der Waals surface area contributed by atoms with E-state index in [1.54, 1.807) is 0 Å². The van der Waals surface area contributed by atoms with E-state index in [1.807, 2.05) is 75.4 Å². The van der Waals surface area contributed by atoms with E-state index in [4.69, 9.17) is 14.2 Å². The van der Waals surface area contributed by atoms with Gasteiger partial charge in [0.05, 0.1) is 26.4 Å². The van der Waals surface area contributed by atoms with Gasteiger partial charge in [0, 0.05) is 23.2 Å². The number of para-hydroxylation sites is 3. The fourth-order valence-corrected chi connectivity index (χ4v) is 4.14. The average molecular weight is 436 g/mol. The molecular weight excluding hydrogens is 402 g/mol. The van der Waals surface area contributed by atoms with Crippen molar-refractivity contribution >= 4 is 0 Å². The number of rotatable bonds is 12. The van der Waals surface area contributed by atoms with Crippen LogP contribution in [0.25, 0.3) is 0 Å². The van der Waals surface area contributed by atoms with Gasteiger partial charge in [0.25, 0.3) is 0 Å². The first-order valence-corrected chi connectivity index (χ1v) is 11.3. The quantitative estimate of drug-likeness (QED) is 0.402. The first-order chi connectivity index (χ1) is 15.7. The summed E-state index contributed by atoms with van der Waals surface area (Å²) >= 11 is 0. The molecule has 5 nitrogen and oxygen atoms in total. The zero-order valence-electron chi connectivity index (χ0n) is 19.1. The number of hydrogen-bond donors (Lipinski definition) is 2. The molecule has 0 amide bonds. The number of hydrogen-bond acceptors (Lipinski definition) is 5. The van der Waals surface area contributed by atoms with E-state index in [-0.39, 0.29) is 6.61 Å². The average Bonchev–Trinajstić information content (AvgIpc) is 2.83. The second-order valence-electron chi connectivity index (χ2n) is 7.19. The van der Waals surface area contributed by atoms with Crippen LogP contribution in [-0.4, -0.2) is 38.1 Å². The predicted octanol–water partition coefficient (Wildman–Crippen LogP) is 4.76. The Morgan fingerprint density at radius 2 is 0.969 bits per heavy atom. The molecule has 2 N–H and O–H groups in total. The van der Waals surface area contributed by atoms with Gasteiger partial charge in [-0.25, -0.2) is 0 Å². The Kier molecular flexibility index (Phi) is 8.54. The van der Waals surface area contributed by atoms with Crippen molar-refractivity contribution in [3.8, 4) is 17.2 Å². The minimum atomic E-state index is -0.883. The van der Waals surface area contributed by atoms with Crippen LogP contribution in [0.2, 0.25) is 0 Å². The number of aliphatic hydroxyl groups is 1. The molecule has 32 heavy (non-hydrogen) atoms. The third kappa shape index (κ3) is 4.74. The number of ether oxygens (including phenoxy) is 3. The lowest BCUT2D eigenvalue weighted by Gasteiger charge is -2.39. The van der Waals surface area contributed by atoms with Crippen molar-refractivity contribution < 1.29 is 19.3 Å². The molecule has 170 valence electrons. The van der Waals surface area contributed by atoms with Gasteiger partial charge in [-0.2, -0.15) is 0 Å². The predicted molar refractivity (Wildman–Crippen MR) is 128 cm³/mol. The number of benzene rings is 3. The summed E-state index contributed by atoms with van der Waals surface area (Å²) in [6.45, 7) is 7.87. The molecule has 3 aromatic carbocycles. The highest BCUT2D eigenvalue weighted by Crippen LogP contribution is 2.47. The van der Waals surface area contributed by atoms with Crippen LogP contribution in [-0.2, 0) is 5.54 Å². The molecule has 0 saturated heterocycles. The van der Waals surface area contributed by atoms with E-state index < -0.39 is 5.54 Å². The fourth-order valence-electron chi connectivity index (χ4n) is 4.14. The van der Waals surface area contributed by atoms with Crippen LogP contribution in [0.1, 0.15) is 37.5 Å². The van der Waals surface area contributed by atoms with Crippen LogP contribution in [0.5, 0.6) is 17.2 Å². The maximum absolute atomic E-state index is 9.83. The van der Waals surface area contributed by atoms with Gasteiger partial charge in [0.2, 0.25) is 0 Å². The van der Waals surface area contributed by atoms with Crippen molar-refractivity contribution in [2.24, 2.45) is 0 Å². The van der Waals surface area contributed by atoms with Crippen LogP contribution in [0, 0.1) is 0 Å². The molecule has 0 atom stereocenters. The summed E-state index contributed by atoms with van der Waals surface area (Å²) < 4.78 is 18.2. The molecule has 0 fully saturated rings. The topological polar surface area (TPSA) is 60.0 Å². The van der Waals surface area contributed by atoms with Crippen LogP contribution in [0.4, 0.5) is 0 Å². The minimum absolute atomic E-state index is 0.0217. The van der Waals surface area contributed by atoms with Crippen molar-refractivity contribution in [1.82, 2.24) is 5.32 Å². The van der Waals surface area contributed by atoms with Gasteiger partial charge < -0.3 is 19.3 Å². The van der Waals surface area contributed by atoms with Crippen molar-refractivity contribution in [3.63, 3.8) is 0 Å². The normalized spacial score (nSPS) is 11.2. The zero-order valence-corrected chi connectivity index (χ0v) is 19.1. The molecule has 0 spiro atoms. The van der Waals surface area contributed by atoms with E-state index in [0.717, 1.165) is 33.9 Å². The molecule has 0 aliphatic rings. The standard InChI is InChI=1S/C27H33NO4/c1-4-30-24-16-10-7-13-21(24)27(28-19-20-29,22-14-8-11-17-25(22)31-5-2)23-15-9-12-18-26(23)32-6-3/h7-18,28-29H,4-6,19-20H2,1-3H3. The van der Waals surface area contributed by atoms with E-state index in [1.165, 1.54) is 0 Å². The molecule has 0 saturated carbocycles. The Morgan fingerprint density at radius 3 is 1.28 bits per heavy atom. The van der Waals surface area contributed by atoms with E-state index in [0.29, 0.717) is 26.4 Å². The lowest BCUT2D eigenvalue weighted by molar-refractivity contribution is 0.265. The lowest BCUT2D eigenvalue weighted by Crippen LogP contribution is -2.46. The van der Waals surface area contributed by atoms with Crippen molar-refractivity contribution in [1.29, 1.82) is 0 Å². The second kappa shape index (κ2) is 11.6. The zero-order chi connectivity index (χ0) is 22.8. The molecule has 0 radical (unpaired) electrons. The van der Waals surface area contributed by atoms with Gasteiger partial charge in [-0.15, -0.1) is 0 Å². The van der Waals surface area contributed by atoms with Gasteiger partial charge in [-0.1, -0.05) is 54.6 Å². The molecular formula is C27H33NO4. The van der Waals surface area contributed by atoms with Crippen molar-refractivity contribution in [2.45, 2.75) is 26.3 Å². The van der Waals surface area contributed by atoms with Gasteiger partial charge >= 0.3 is 0 Å². The largest absolute Gasteiger partial charge is 0.493 e. The first-order valence-electron chi connectivity index (χ1n) is 11.3. The SMILES string of the molecule is CCOc1ccccc1C(NCCO)(c1ccccc1OCC)c1ccccc1OCC. The molecule has 0 bridgehead atoms. The number of aliphatic hydroxyl groups excluding tert-OH is 1. The van der Waals surface area contributed by atoms with Gasteiger partial charge in [0.1, 0.15) is 22.8 Å². The maximum atomic E-state index is 9.83. The number of nitrogens with one attached hydrogen (secondary N) is 1. The van der Waals surface area contributed by atoms with Crippen LogP contribution in [0.3, 0.4) is 0 Å². The molecule has 0 aromatic heterocycles. The molecule has 0 unspecified atom stereocenters. The molecule has 3 rings (SSSR count). The fraction of sp³-hybridized carbons (Fsp3) is 0.333. The minimum Gasteiger partial charge on any atom is -0.493 e. The van der Waals surface area contributed by atoms with Gasteiger partial charge in [-0.3, -0.25) is 5.32 Å². The first kappa shape index (κ1) is 23.6. The molecule has 0 heterocycles. The summed E-state index contributed by atoms with van der Waals surface area (Å²) in [7, 11) is 0. The highest BCUT2D eigenvalue weighted by Gasteiger charge is 2.42. The molecule has 5 heteroatoms. The van der Waals surface area contributed by atoms with Gasteiger partial charge in [0.15, 0.2) is 0 Å². The lowest BCUT2D eigenvalue weighted by atomic mass is 9.75. The summed E-state index contributed by atoms with van der Waals surface area (Å²) in [5.74, 6) is 2.29. The molecule has 0 aliphatic heterocycles. The van der Waals surface area contributed by atoms with E-state index >= 15 is 0 Å². The Balaban J connectivity index is 2.44. The summed E-state index contributed by atoms with van der Waals surface area (Å²) in [5.41, 5.74) is 1.89. The highest BCUT2D eigenvalue weighted by molar-refractivity contribution is 5.61. The van der Waals surface area contributed by atoms with E-state index in [9.17, 15) is 5.11 Å². The summed E-state index contributed by atoms with van der Waals surface area (Å²) in [5, 5.41) is 13.5. The summed E-state index contributed by atoms with van der Waals surface area (Å²) in [6, 6.07) is 24.0. The Labute approximate surface area is 191 Å². The molecule has 0 aliphatic carbocycles. The highest BCUT2D eigenvalue weighted by atomic mass is 16.5. The monoisotopic (exact) mass is 435 g/mol. The van der Waals surface area contributed by atoms with Crippen LogP contribution >= 0.6 is 0 Å². The summed E-state index contributed by atoms with van der Waals surface area (Å²) in [6.07, 6.45) is 0. The Morgan fingerprint density at radius 1 is 0.625 bits per heavy atom. The van der Waals surface area contributed by atoms with Crippen LogP contribution in [0.15, 0.2) is 72.8 Å². The van der Waals surface area contributed by atoms with Crippen molar-refractivity contribution in [2.75, 3.05) is 33.0 Å². The molecule has 3 aromatic rings.